The lowest BCUT2D eigenvalue weighted by atomic mass is 9.67. The monoisotopic (exact) mass is 928 g/mol. The van der Waals surface area contributed by atoms with Crippen molar-refractivity contribution in [2.24, 2.45) is 0 Å². The number of benzene rings is 12. The van der Waals surface area contributed by atoms with Crippen molar-refractivity contribution in [3.63, 3.8) is 0 Å². The van der Waals surface area contributed by atoms with Crippen molar-refractivity contribution in [1.82, 2.24) is 4.57 Å². The summed E-state index contributed by atoms with van der Waals surface area (Å²) in [6.45, 7) is 0. The number of para-hydroxylation sites is 1. The van der Waals surface area contributed by atoms with Crippen LogP contribution in [0.15, 0.2) is 291 Å². The summed E-state index contributed by atoms with van der Waals surface area (Å²) in [5.74, 6) is 0. The summed E-state index contributed by atoms with van der Waals surface area (Å²) in [5, 5.41) is 4.85. The first kappa shape index (κ1) is 42.4. The van der Waals surface area contributed by atoms with Crippen molar-refractivity contribution in [3.05, 3.63) is 313 Å². The maximum atomic E-state index is 2.48. The van der Waals surface area contributed by atoms with Gasteiger partial charge in [-0.2, -0.15) is 0 Å². The Bertz CT molecular complexity index is 4160. The molecule has 1 aromatic heterocycles. The Morgan fingerprint density at radius 1 is 0.288 bits per heavy atom. The first-order chi connectivity index (χ1) is 36.2. The Kier molecular flexibility index (Phi) is 10.1. The fourth-order valence-electron chi connectivity index (χ4n) is 12.0. The second kappa shape index (κ2) is 17.4. The van der Waals surface area contributed by atoms with Crippen LogP contribution >= 0.6 is 0 Å². The summed E-state index contributed by atoms with van der Waals surface area (Å²) >= 11 is 0. The van der Waals surface area contributed by atoms with Gasteiger partial charge in [-0.25, -0.2) is 0 Å². The van der Waals surface area contributed by atoms with Gasteiger partial charge in [-0.3, -0.25) is 0 Å². The molecule has 1 aliphatic rings. The summed E-state index contributed by atoms with van der Waals surface area (Å²) < 4.78 is 2.44. The number of nitrogens with zero attached hydrogens (tertiary/aromatic N) is 2. The highest BCUT2D eigenvalue weighted by Gasteiger charge is 2.46. The van der Waals surface area contributed by atoms with E-state index in [2.05, 4.69) is 301 Å². The Morgan fingerprint density at radius 2 is 0.822 bits per heavy atom. The first-order valence-electron chi connectivity index (χ1n) is 25.2. The molecule has 2 heteroatoms. The zero-order valence-electron chi connectivity index (χ0n) is 40.1. The summed E-state index contributed by atoms with van der Waals surface area (Å²) in [5.41, 5.74) is 20.9. The van der Waals surface area contributed by atoms with E-state index in [0.717, 1.165) is 33.9 Å². The third kappa shape index (κ3) is 6.94. The highest BCUT2D eigenvalue weighted by atomic mass is 15.1. The van der Waals surface area contributed by atoms with Crippen LogP contribution in [0.3, 0.4) is 0 Å². The highest BCUT2D eigenvalue weighted by Crippen LogP contribution is 2.57. The van der Waals surface area contributed by atoms with Crippen LogP contribution < -0.4 is 4.90 Å². The van der Waals surface area contributed by atoms with Gasteiger partial charge in [-0.1, -0.05) is 231 Å². The van der Waals surface area contributed by atoms with Crippen molar-refractivity contribution >= 4 is 49.6 Å². The third-order valence-corrected chi connectivity index (χ3v) is 15.2. The van der Waals surface area contributed by atoms with Crippen LogP contribution in [-0.4, -0.2) is 4.57 Å². The molecule has 0 radical (unpaired) electrons. The topological polar surface area (TPSA) is 8.17 Å². The largest absolute Gasteiger partial charge is 0.310 e. The van der Waals surface area contributed by atoms with Crippen molar-refractivity contribution in [2.45, 2.75) is 5.41 Å². The van der Waals surface area contributed by atoms with E-state index in [1.807, 2.05) is 0 Å². The van der Waals surface area contributed by atoms with Gasteiger partial charge in [0.05, 0.1) is 22.1 Å². The van der Waals surface area contributed by atoms with E-state index in [0.29, 0.717) is 0 Å². The van der Waals surface area contributed by atoms with Crippen LogP contribution in [0.1, 0.15) is 22.3 Å². The van der Waals surface area contributed by atoms with Crippen LogP contribution in [0.5, 0.6) is 0 Å². The second-order valence-electron chi connectivity index (χ2n) is 19.2. The molecule has 0 N–H and O–H groups in total. The Morgan fingerprint density at radius 3 is 1.62 bits per heavy atom. The fraction of sp³-hybridized carbons (Fsp3) is 0.0141. The van der Waals surface area contributed by atoms with Crippen molar-refractivity contribution < 1.29 is 0 Å². The molecule has 0 saturated carbocycles. The van der Waals surface area contributed by atoms with Crippen molar-refractivity contribution in [1.29, 1.82) is 0 Å². The minimum Gasteiger partial charge on any atom is -0.310 e. The van der Waals surface area contributed by atoms with Gasteiger partial charge in [0, 0.05) is 33.2 Å². The van der Waals surface area contributed by atoms with Crippen molar-refractivity contribution in [2.75, 3.05) is 4.90 Å². The lowest BCUT2D eigenvalue weighted by molar-refractivity contribution is 0.768. The molecule has 342 valence electrons. The normalized spacial score (nSPS) is 12.5. The van der Waals surface area contributed by atoms with Crippen LogP contribution in [0.2, 0.25) is 0 Å². The highest BCUT2D eigenvalue weighted by molar-refractivity contribution is 6.10. The molecule has 2 nitrogen and oxygen atoms in total. The molecular weight excluding hydrogens is 881 g/mol. The third-order valence-electron chi connectivity index (χ3n) is 15.2. The van der Waals surface area contributed by atoms with Gasteiger partial charge in [-0.15, -0.1) is 0 Å². The predicted octanol–water partition coefficient (Wildman–Crippen LogP) is 18.8. The van der Waals surface area contributed by atoms with Crippen LogP contribution in [0, 0.1) is 0 Å². The molecule has 12 aromatic carbocycles. The zero-order chi connectivity index (χ0) is 48.3. The van der Waals surface area contributed by atoms with Crippen LogP contribution in [0.25, 0.3) is 82.8 Å². The summed E-state index contributed by atoms with van der Waals surface area (Å²) in [7, 11) is 0. The van der Waals surface area contributed by atoms with E-state index < -0.39 is 5.41 Å². The number of hydrogen-bond acceptors (Lipinski definition) is 1. The average Bonchev–Trinajstić information content (AvgIpc) is 3.98. The molecular formula is C71H48N2. The quantitative estimate of drug-likeness (QED) is 0.140. The summed E-state index contributed by atoms with van der Waals surface area (Å²) in [6.07, 6.45) is 0. The van der Waals surface area contributed by atoms with E-state index in [1.54, 1.807) is 0 Å². The minimum atomic E-state index is -0.531. The molecule has 1 aliphatic carbocycles. The lowest BCUT2D eigenvalue weighted by Crippen LogP contribution is -2.28. The van der Waals surface area contributed by atoms with E-state index in [1.165, 1.54) is 88.2 Å². The number of aromatic nitrogens is 1. The molecule has 13 aromatic rings. The molecule has 0 unspecified atom stereocenters. The molecule has 0 atom stereocenters. The predicted molar refractivity (Wildman–Crippen MR) is 307 cm³/mol. The molecule has 0 aliphatic heterocycles. The first-order valence-corrected chi connectivity index (χ1v) is 25.2. The molecule has 1 heterocycles. The van der Waals surface area contributed by atoms with Gasteiger partial charge in [0.2, 0.25) is 0 Å². The Labute approximate surface area is 426 Å². The summed E-state index contributed by atoms with van der Waals surface area (Å²) in [4.78, 5) is 2.48. The molecule has 0 fully saturated rings. The van der Waals surface area contributed by atoms with Gasteiger partial charge >= 0.3 is 0 Å². The molecule has 0 spiro atoms. The maximum Gasteiger partial charge on any atom is 0.0714 e. The van der Waals surface area contributed by atoms with E-state index >= 15 is 0 Å². The number of hydrogen-bond donors (Lipinski definition) is 0. The zero-order valence-corrected chi connectivity index (χ0v) is 40.1. The van der Waals surface area contributed by atoms with E-state index in [-0.39, 0.29) is 0 Å². The number of fused-ring (bicyclic) bond motifs is 7. The Hall–Kier alpha value is -9.50. The molecule has 0 saturated heterocycles. The van der Waals surface area contributed by atoms with E-state index in [4.69, 9.17) is 0 Å². The fourth-order valence-corrected chi connectivity index (χ4v) is 12.0. The van der Waals surface area contributed by atoms with Crippen molar-refractivity contribution in [3.8, 4) is 50.2 Å². The maximum absolute atomic E-state index is 2.48. The smallest absolute Gasteiger partial charge is 0.0714 e. The Balaban J connectivity index is 0.937. The minimum absolute atomic E-state index is 0.531. The average molecular weight is 929 g/mol. The van der Waals surface area contributed by atoms with Gasteiger partial charge in [0.15, 0.2) is 0 Å². The number of anilines is 3. The van der Waals surface area contributed by atoms with E-state index in [9.17, 15) is 0 Å². The second-order valence-corrected chi connectivity index (χ2v) is 19.2. The summed E-state index contributed by atoms with van der Waals surface area (Å²) in [6, 6.07) is 107. The molecule has 0 amide bonds. The molecule has 73 heavy (non-hydrogen) atoms. The van der Waals surface area contributed by atoms with Gasteiger partial charge in [0.1, 0.15) is 0 Å². The van der Waals surface area contributed by atoms with Gasteiger partial charge in [-0.05, 0) is 133 Å². The molecule has 14 rings (SSSR count). The van der Waals surface area contributed by atoms with Gasteiger partial charge in [0.25, 0.3) is 0 Å². The van der Waals surface area contributed by atoms with Gasteiger partial charge < -0.3 is 9.47 Å². The van der Waals surface area contributed by atoms with Crippen LogP contribution in [0.4, 0.5) is 17.1 Å². The lowest BCUT2D eigenvalue weighted by Gasteiger charge is -2.35. The standard InChI is InChI=1S/C71H48N2/c1-4-20-49(21-5-1)51-24-16-25-52(44-51)53-26-18-33-59(46-53)73-69-38-15-13-36-64(69)65-42-40-55(47-70(65)73)54-27-17-32-58(45-54)72(68-39-19-23-50-22-10-11-34-61(50)68)60-41-43-63-62-35-12-14-37-66(62)71(67(63)48-60,56-28-6-2-7-29-56)57-30-8-3-9-31-57/h1-48H. The number of rotatable bonds is 9. The van der Waals surface area contributed by atoms with Crippen LogP contribution in [-0.2, 0) is 5.41 Å². The molecule has 0 bridgehead atoms. The SMILES string of the molecule is c1ccc(-c2cccc(-c3cccc(-n4c5ccccc5c5ccc(-c6cccc(N(c7ccc8c(c7)C(c7ccccc7)(c7ccccc7)c7ccccc7-8)c7cccc8ccccc78)c6)cc54)c3)c2)cc1.